The number of aryl methyl sites for hydroxylation is 2. The first-order valence-electron chi connectivity index (χ1n) is 9.67. The van der Waals surface area contributed by atoms with Crippen LogP contribution in [0.2, 0.25) is 0 Å². The predicted octanol–water partition coefficient (Wildman–Crippen LogP) is 4.62. The molecule has 0 fully saturated rings. The largest absolute Gasteiger partial charge is 0.496 e. The van der Waals surface area contributed by atoms with Crippen molar-refractivity contribution in [1.82, 2.24) is 9.55 Å². The molecule has 0 amide bonds. The monoisotopic (exact) mass is 548 g/mol. The molecule has 2 radical (unpaired) electrons. The zero-order valence-corrected chi connectivity index (χ0v) is 20.6. The molecule has 5 nitrogen and oxygen atoms in total. The number of ether oxygens (including phenoxy) is 1. The van der Waals surface area contributed by atoms with Gasteiger partial charge in [0.25, 0.3) is 5.56 Å². The summed E-state index contributed by atoms with van der Waals surface area (Å²) in [6.45, 7) is 2.40. The minimum Gasteiger partial charge on any atom is -0.496 e. The van der Waals surface area contributed by atoms with Crippen molar-refractivity contribution in [3.8, 4) is 5.75 Å². The molecular weight excluding hydrogens is 531 g/mol. The quantitative estimate of drug-likeness (QED) is 0.344. The first-order chi connectivity index (χ1) is 14.3. The van der Waals surface area contributed by atoms with E-state index < -0.39 is 4.22 Å². The number of carbonyl (C=O) groups is 1. The summed E-state index contributed by atoms with van der Waals surface area (Å²) in [5.41, 5.74) is 1.54. The Bertz CT molecular complexity index is 1220. The van der Waals surface area contributed by atoms with Gasteiger partial charge in [0, 0.05) is 16.5 Å². The minimum absolute atomic E-state index is 0.116. The lowest BCUT2D eigenvalue weighted by molar-refractivity contribution is 0.0971. The highest BCUT2D eigenvalue weighted by Gasteiger charge is 2.38. The van der Waals surface area contributed by atoms with Gasteiger partial charge < -0.3 is 4.74 Å². The maximum absolute atomic E-state index is 13.6. The standard InChI is InChI=1S/C21H19BBr2N2O3S/c1-3-4-15-25-19-16(13-7-8-21(22,24)18(27)17(13)30-19)20(28)26(15)10-11-9-12(23)5-6-14(11)29-2/h5-6,9H,3-4,7-8,10H2,1-2H3. The number of aromatic nitrogens is 2. The number of fused-ring (bicyclic) bond motifs is 3. The van der Waals surface area contributed by atoms with E-state index in [9.17, 15) is 9.59 Å². The van der Waals surface area contributed by atoms with E-state index in [0.29, 0.717) is 52.5 Å². The Kier molecular flexibility index (Phi) is 5.98. The zero-order chi connectivity index (χ0) is 21.6. The molecule has 0 spiro atoms. The van der Waals surface area contributed by atoms with Crippen LogP contribution < -0.4 is 10.3 Å². The summed E-state index contributed by atoms with van der Waals surface area (Å²) in [7, 11) is 7.72. The number of nitrogens with zero attached hydrogens (tertiary/aromatic N) is 2. The maximum Gasteiger partial charge on any atom is 0.262 e. The molecule has 2 aromatic heterocycles. The lowest BCUT2D eigenvalue weighted by Crippen LogP contribution is -2.36. The number of thiophene rings is 1. The van der Waals surface area contributed by atoms with Gasteiger partial charge >= 0.3 is 0 Å². The summed E-state index contributed by atoms with van der Waals surface area (Å²) >= 11 is 8.11. The predicted molar refractivity (Wildman–Crippen MR) is 128 cm³/mol. The van der Waals surface area contributed by atoms with Crippen LogP contribution in [0.3, 0.4) is 0 Å². The van der Waals surface area contributed by atoms with Crippen LogP contribution in [0, 0.1) is 0 Å². The highest BCUT2D eigenvalue weighted by molar-refractivity contribution is 9.11. The number of halogens is 2. The Morgan fingerprint density at radius 1 is 1.37 bits per heavy atom. The number of alkyl halides is 1. The molecule has 1 aliphatic carbocycles. The fourth-order valence-electron chi connectivity index (χ4n) is 3.83. The number of carbonyl (C=O) groups excluding carboxylic acids is 1. The summed E-state index contributed by atoms with van der Waals surface area (Å²) in [5, 5.41) is 0.542. The van der Waals surface area contributed by atoms with Gasteiger partial charge in [-0.25, -0.2) is 4.98 Å². The van der Waals surface area contributed by atoms with E-state index in [1.165, 1.54) is 11.3 Å². The van der Waals surface area contributed by atoms with Crippen LogP contribution in [0.25, 0.3) is 10.2 Å². The topological polar surface area (TPSA) is 61.2 Å². The SMILES string of the molecule is [B]C1(Br)CCc2c(sc3nc(CCC)n(Cc4cc(Br)ccc4OC)c(=O)c23)C1=O. The van der Waals surface area contributed by atoms with Gasteiger partial charge in [-0.2, -0.15) is 0 Å². The second kappa shape index (κ2) is 8.24. The molecule has 30 heavy (non-hydrogen) atoms. The maximum atomic E-state index is 13.6. The van der Waals surface area contributed by atoms with Crippen molar-refractivity contribution in [2.45, 2.75) is 43.4 Å². The lowest BCUT2D eigenvalue weighted by Gasteiger charge is -2.26. The third-order valence-corrected chi connectivity index (χ3v) is 7.73. The van der Waals surface area contributed by atoms with Crippen molar-refractivity contribution in [2.75, 3.05) is 7.11 Å². The third kappa shape index (κ3) is 3.69. The third-order valence-electron chi connectivity index (χ3n) is 5.36. The number of hydrogen-bond acceptors (Lipinski definition) is 5. The van der Waals surface area contributed by atoms with Crippen LogP contribution in [0.5, 0.6) is 5.75 Å². The second-order valence-corrected chi connectivity index (χ2v) is 10.7. The summed E-state index contributed by atoms with van der Waals surface area (Å²) < 4.78 is 7.04. The average Bonchev–Trinajstić information content (AvgIpc) is 3.07. The Labute approximate surface area is 196 Å². The normalized spacial score (nSPS) is 18.6. The van der Waals surface area contributed by atoms with Gasteiger partial charge in [0.15, 0.2) is 5.78 Å². The van der Waals surface area contributed by atoms with Crippen LogP contribution in [0.15, 0.2) is 27.5 Å². The number of benzene rings is 1. The van der Waals surface area contributed by atoms with Crippen molar-refractivity contribution in [3.63, 3.8) is 0 Å². The van der Waals surface area contributed by atoms with Crippen molar-refractivity contribution in [2.24, 2.45) is 0 Å². The van der Waals surface area contributed by atoms with Gasteiger partial charge in [-0.1, -0.05) is 38.8 Å². The first kappa shape index (κ1) is 21.8. The molecule has 1 aromatic carbocycles. The van der Waals surface area contributed by atoms with Gasteiger partial charge in [0.05, 0.1) is 28.1 Å². The van der Waals surface area contributed by atoms with E-state index in [4.69, 9.17) is 17.6 Å². The van der Waals surface area contributed by atoms with E-state index in [2.05, 4.69) is 38.8 Å². The molecule has 4 rings (SSSR count). The Balaban J connectivity index is 1.93. The molecular formula is C21H19BBr2N2O3S. The molecule has 0 N–H and O–H groups in total. The van der Waals surface area contributed by atoms with E-state index in [-0.39, 0.29) is 11.3 Å². The first-order valence-corrected chi connectivity index (χ1v) is 12.1. The van der Waals surface area contributed by atoms with Crippen molar-refractivity contribution in [1.29, 1.82) is 0 Å². The second-order valence-electron chi connectivity index (χ2n) is 7.41. The number of methoxy groups -OCH3 is 1. The van der Waals surface area contributed by atoms with Crippen LogP contribution in [0.4, 0.5) is 0 Å². The smallest absolute Gasteiger partial charge is 0.262 e. The molecule has 1 atom stereocenters. The van der Waals surface area contributed by atoms with Crippen LogP contribution in [-0.4, -0.2) is 34.5 Å². The van der Waals surface area contributed by atoms with Gasteiger partial charge in [-0.3, -0.25) is 14.2 Å². The Morgan fingerprint density at radius 2 is 2.13 bits per heavy atom. The number of rotatable bonds is 5. The van der Waals surface area contributed by atoms with E-state index in [1.807, 2.05) is 18.2 Å². The molecule has 0 bridgehead atoms. The minimum atomic E-state index is -1.07. The van der Waals surface area contributed by atoms with Gasteiger partial charge in [-0.05, 0) is 43.0 Å². The van der Waals surface area contributed by atoms with Crippen LogP contribution in [0.1, 0.15) is 46.4 Å². The lowest BCUT2D eigenvalue weighted by atomic mass is 9.74. The number of ketones is 1. The zero-order valence-electron chi connectivity index (χ0n) is 16.6. The Morgan fingerprint density at radius 3 is 2.83 bits per heavy atom. The summed E-state index contributed by atoms with van der Waals surface area (Å²) in [5.74, 6) is 1.24. The van der Waals surface area contributed by atoms with Crippen molar-refractivity contribution < 1.29 is 9.53 Å². The molecule has 2 heterocycles. The number of Topliss-reactive ketones (excluding diaryl/α,β-unsaturated/α-hetero) is 1. The molecule has 0 saturated heterocycles. The molecule has 1 unspecified atom stereocenters. The molecule has 1 aliphatic rings. The van der Waals surface area contributed by atoms with E-state index in [0.717, 1.165) is 22.0 Å². The van der Waals surface area contributed by atoms with Crippen LogP contribution >= 0.6 is 43.2 Å². The van der Waals surface area contributed by atoms with E-state index >= 15 is 0 Å². The van der Waals surface area contributed by atoms with E-state index in [1.54, 1.807) is 11.7 Å². The average molecular weight is 550 g/mol. The summed E-state index contributed by atoms with van der Waals surface area (Å²) in [6, 6.07) is 5.73. The molecule has 0 saturated carbocycles. The van der Waals surface area contributed by atoms with Gasteiger partial charge in [-0.15, -0.1) is 11.3 Å². The molecule has 9 heteroatoms. The molecule has 154 valence electrons. The highest BCUT2D eigenvalue weighted by atomic mass is 79.9. The summed E-state index contributed by atoms with van der Waals surface area (Å²) in [4.78, 5) is 32.4. The number of hydrogen-bond donors (Lipinski definition) is 0. The Hall–Kier alpha value is -1.45. The van der Waals surface area contributed by atoms with Crippen molar-refractivity contribution in [3.05, 3.63) is 54.9 Å². The fraction of sp³-hybridized carbons (Fsp3) is 0.381. The van der Waals surface area contributed by atoms with Crippen LogP contribution in [-0.2, 0) is 19.4 Å². The summed E-state index contributed by atoms with van der Waals surface area (Å²) in [6.07, 6.45) is 2.52. The van der Waals surface area contributed by atoms with Gasteiger partial charge in [0.1, 0.15) is 24.3 Å². The van der Waals surface area contributed by atoms with Gasteiger partial charge in [0.2, 0.25) is 0 Å². The fourth-order valence-corrected chi connectivity index (χ4v) is 6.03. The molecule has 0 aliphatic heterocycles. The van der Waals surface area contributed by atoms with Crippen molar-refractivity contribution >= 4 is 67.0 Å². The molecule has 3 aromatic rings. The highest BCUT2D eigenvalue weighted by Crippen LogP contribution is 2.40.